The van der Waals surface area contributed by atoms with Crippen molar-refractivity contribution in [1.82, 2.24) is 36.0 Å². The van der Waals surface area contributed by atoms with Crippen LogP contribution in [0.2, 0.25) is 0 Å². The first-order chi connectivity index (χ1) is 22.8. The topological polar surface area (TPSA) is 197 Å². The van der Waals surface area contributed by atoms with Gasteiger partial charge in [-0.2, -0.15) is 0 Å². The Balaban J connectivity index is 1.55. The number of pyridine rings is 1. The predicted molar refractivity (Wildman–Crippen MR) is 182 cm³/mol. The van der Waals surface area contributed by atoms with Crippen molar-refractivity contribution in [3.05, 3.63) is 35.8 Å². The number of nitrogens with zero attached hydrogens (tertiary/aromatic N) is 4. The Hall–Kier alpha value is -4.36. The molecule has 3 rings (SSSR count). The molecular formula is C35H53N7O7. The summed E-state index contributed by atoms with van der Waals surface area (Å²) in [6, 6.07) is 0.292. The second kappa shape index (κ2) is 16.4. The summed E-state index contributed by atoms with van der Waals surface area (Å²) in [6.45, 7) is 17.1. The van der Waals surface area contributed by atoms with Crippen LogP contribution < -0.4 is 16.0 Å². The zero-order chi connectivity index (χ0) is 36.7. The van der Waals surface area contributed by atoms with E-state index in [4.69, 9.17) is 4.42 Å². The first-order valence-electron chi connectivity index (χ1n) is 17.1. The van der Waals surface area contributed by atoms with Crippen molar-refractivity contribution in [1.29, 1.82) is 0 Å². The van der Waals surface area contributed by atoms with Crippen molar-refractivity contribution in [2.24, 2.45) is 11.8 Å². The number of rotatable bonds is 15. The maximum absolute atomic E-state index is 13.8. The summed E-state index contributed by atoms with van der Waals surface area (Å²) in [4.78, 5) is 71.6. The normalized spacial score (nSPS) is 16.4. The van der Waals surface area contributed by atoms with E-state index in [0.717, 1.165) is 0 Å². The Bertz CT molecular complexity index is 1480. The van der Waals surface area contributed by atoms with Crippen molar-refractivity contribution in [2.45, 2.75) is 130 Å². The number of nitrogens with one attached hydrogen (secondary N) is 3. The molecule has 4 amide bonds. The summed E-state index contributed by atoms with van der Waals surface area (Å²) >= 11 is 0. The third-order valence-electron chi connectivity index (χ3n) is 8.50. The van der Waals surface area contributed by atoms with E-state index in [1.54, 1.807) is 13.8 Å². The number of ketones is 1. The van der Waals surface area contributed by atoms with Crippen molar-refractivity contribution in [2.75, 3.05) is 6.54 Å². The van der Waals surface area contributed by atoms with E-state index in [-0.39, 0.29) is 53.3 Å². The Morgan fingerprint density at radius 2 is 1.63 bits per heavy atom. The van der Waals surface area contributed by atoms with Gasteiger partial charge in [0.2, 0.25) is 29.4 Å². The van der Waals surface area contributed by atoms with Gasteiger partial charge in [-0.3, -0.25) is 24.0 Å². The maximum Gasteiger partial charge on any atom is 0.286 e. The van der Waals surface area contributed by atoms with Crippen LogP contribution in [0, 0.1) is 11.8 Å². The molecule has 2 unspecified atom stereocenters. The average Bonchev–Trinajstić information content (AvgIpc) is 3.71. The van der Waals surface area contributed by atoms with Crippen molar-refractivity contribution in [3.63, 3.8) is 0 Å². The van der Waals surface area contributed by atoms with E-state index in [9.17, 15) is 29.1 Å². The molecule has 3 atom stereocenters. The Morgan fingerprint density at radius 3 is 2.20 bits per heavy atom. The number of hydrogen-bond donors (Lipinski definition) is 4. The molecule has 0 saturated carbocycles. The molecule has 0 radical (unpaired) electrons. The van der Waals surface area contributed by atoms with Crippen LogP contribution in [0.25, 0.3) is 0 Å². The van der Waals surface area contributed by atoms with Crippen LogP contribution in [0.15, 0.2) is 22.7 Å². The number of unbranched alkanes of at least 4 members (excludes halogenated alkanes) is 1. The van der Waals surface area contributed by atoms with Crippen LogP contribution in [0.4, 0.5) is 0 Å². The quantitative estimate of drug-likeness (QED) is 0.159. The van der Waals surface area contributed by atoms with Crippen LogP contribution in [-0.4, -0.2) is 84.8 Å². The number of carbonyl (C=O) groups is 5. The monoisotopic (exact) mass is 683 g/mol. The van der Waals surface area contributed by atoms with E-state index >= 15 is 0 Å². The fourth-order valence-corrected chi connectivity index (χ4v) is 5.59. The summed E-state index contributed by atoms with van der Waals surface area (Å²) in [5, 5.41) is 26.0. The minimum Gasteiger partial charge on any atom is -0.506 e. The lowest BCUT2D eigenvalue weighted by Gasteiger charge is -2.31. The Kier molecular flexibility index (Phi) is 13.0. The first-order valence-corrected chi connectivity index (χ1v) is 17.1. The predicted octanol–water partition coefficient (Wildman–Crippen LogP) is 3.69. The molecule has 1 aliphatic heterocycles. The number of aromatic hydroxyl groups is 1. The van der Waals surface area contributed by atoms with Crippen LogP contribution in [0.3, 0.4) is 0 Å². The van der Waals surface area contributed by atoms with Gasteiger partial charge in [-0.25, -0.2) is 4.98 Å². The highest BCUT2D eigenvalue weighted by Gasteiger charge is 2.41. The van der Waals surface area contributed by atoms with Gasteiger partial charge in [-0.05, 0) is 63.5 Å². The molecule has 0 aromatic carbocycles. The molecule has 49 heavy (non-hydrogen) atoms. The highest BCUT2D eigenvalue weighted by molar-refractivity contribution is 6.00. The first kappa shape index (κ1) is 39.1. The summed E-state index contributed by atoms with van der Waals surface area (Å²) in [7, 11) is 0. The zero-order valence-electron chi connectivity index (χ0n) is 30.3. The zero-order valence-corrected chi connectivity index (χ0v) is 30.3. The van der Waals surface area contributed by atoms with Gasteiger partial charge in [0, 0.05) is 23.9 Å². The van der Waals surface area contributed by atoms with E-state index in [2.05, 4.69) is 31.1 Å². The fraction of sp³-hybridized carbons (Fsp3) is 0.657. The minimum atomic E-state index is -0.929. The van der Waals surface area contributed by atoms with Crippen LogP contribution in [-0.2, 0) is 19.8 Å². The maximum atomic E-state index is 13.8. The largest absolute Gasteiger partial charge is 0.506 e. The van der Waals surface area contributed by atoms with Crippen molar-refractivity contribution >= 4 is 29.4 Å². The highest BCUT2D eigenvalue weighted by Crippen LogP contribution is 2.24. The molecule has 14 nitrogen and oxygen atoms in total. The standard InChI is InChI=1S/C35H53N7O7/c1-20(2)26(28(45)31-40-41-33(49-31)34(5,6)7)38-30(47)24-13-12-18-42(24)32(48)27(21(3)4)37-25(44)14-10-11-17-35(8,9)39-29(46)23-16-15-22(43)19-36-23/h15-16,19-21,24,26-27,43H,10-14,17-18H2,1-9H3,(H,37,44)(H,38,47)(H,39,46)/t24-,26?,27?/m0/s1. The fourth-order valence-electron chi connectivity index (χ4n) is 5.59. The van der Waals surface area contributed by atoms with Gasteiger partial charge in [0.25, 0.3) is 11.8 Å². The highest BCUT2D eigenvalue weighted by atomic mass is 16.4. The van der Waals surface area contributed by atoms with Gasteiger partial charge in [0.05, 0.1) is 12.2 Å². The lowest BCUT2D eigenvalue weighted by Crippen LogP contribution is -2.57. The summed E-state index contributed by atoms with van der Waals surface area (Å²) in [5.41, 5.74) is -0.812. The van der Waals surface area contributed by atoms with Gasteiger partial charge in [-0.1, -0.05) is 54.9 Å². The number of carbonyl (C=O) groups excluding carboxylic acids is 5. The molecule has 3 heterocycles. The molecule has 0 bridgehead atoms. The second-order valence-corrected chi connectivity index (χ2v) is 15.2. The molecule has 0 aliphatic carbocycles. The lowest BCUT2D eigenvalue weighted by molar-refractivity contribution is -0.142. The van der Waals surface area contributed by atoms with Crippen molar-refractivity contribution in [3.8, 4) is 5.75 Å². The number of hydrogen-bond acceptors (Lipinski definition) is 10. The third-order valence-corrected chi connectivity index (χ3v) is 8.50. The number of amides is 4. The summed E-state index contributed by atoms with van der Waals surface area (Å²) in [5.74, 6) is -2.32. The van der Waals surface area contributed by atoms with Crippen LogP contribution in [0.1, 0.15) is 128 Å². The van der Waals surface area contributed by atoms with E-state index in [1.807, 2.05) is 48.5 Å². The van der Waals surface area contributed by atoms with Gasteiger partial charge < -0.3 is 30.4 Å². The average molecular weight is 684 g/mol. The Labute approximate surface area is 288 Å². The van der Waals surface area contributed by atoms with E-state index < -0.39 is 40.8 Å². The number of likely N-dealkylation sites (tertiary alicyclic amines) is 1. The minimum absolute atomic E-state index is 0.0263. The Morgan fingerprint density at radius 1 is 0.959 bits per heavy atom. The van der Waals surface area contributed by atoms with Gasteiger partial charge in [0.15, 0.2) is 0 Å². The van der Waals surface area contributed by atoms with Gasteiger partial charge >= 0.3 is 0 Å². The molecule has 1 saturated heterocycles. The van der Waals surface area contributed by atoms with Crippen LogP contribution in [0.5, 0.6) is 5.75 Å². The second-order valence-electron chi connectivity index (χ2n) is 15.2. The molecule has 1 aliphatic rings. The summed E-state index contributed by atoms with van der Waals surface area (Å²) in [6.07, 6.45) is 4.23. The van der Waals surface area contributed by atoms with Gasteiger partial charge in [0.1, 0.15) is 23.5 Å². The number of aromatic nitrogens is 3. The molecular weight excluding hydrogens is 630 g/mol. The van der Waals surface area contributed by atoms with E-state index in [0.29, 0.717) is 44.5 Å². The molecule has 2 aromatic rings. The molecule has 1 fully saturated rings. The smallest absolute Gasteiger partial charge is 0.286 e. The SMILES string of the molecule is CC(C)C(NC(=O)[C@@H]1CCCN1C(=O)C(NC(=O)CCCCC(C)(C)NC(=O)c1ccc(O)cn1)C(C)C)C(=O)c1nnc(C(C)(C)C)o1. The van der Waals surface area contributed by atoms with E-state index in [1.165, 1.54) is 23.2 Å². The molecule has 270 valence electrons. The molecule has 2 aromatic heterocycles. The van der Waals surface area contributed by atoms with Crippen molar-refractivity contribution < 1.29 is 33.5 Å². The molecule has 0 spiro atoms. The summed E-state index contributed by atoms with van der Waals surface area (Å²) < 4.78 is 5.64. The third kappa shape index (κ3) is 10.8. The van der Waals surface area contributed by atoms with Crippen LogP contribution >= 0.6 is 0 Å². The number of Topliss-reactive ketones (excluding diaryl/α,β-unsaturated/α-hetero) is 1. The van der Waals surface area contributed by atoms with Gasteiger partial charge in [-0.15, -0.1) is 10.2 Å². The molecule has 14 heteroatoms. The molecule has 4 N–H and O–H groups in total. The lowest BCUT2D eigenvalue weighted by atomic mass is 9.96.